The topological polar surface area (TPSA) is 85.2 Å². The molecule has 0 saturated carbocycles. The van der Waals surface area contributed by atoms with E-state index in [-0.39, 0.29) is 11.7 Å². The minimum atomic E-state index is -0.106. The van der Waals surface area contributed by atoms with Crippen molar-refractivity contribution in [2.75, 3.05) is 42.3 Å². The lowest BCUT2D eigenvalue weighted by Crippen LogP contribution is -2.38. The van der Waals surface area contributed by atoms with E-state index in [0.29, 0.717) is 18.3 Å². The molecule has 31 heavy (non-hydrogen) atoms. The van der Waals surface area contributed by atoms with Crippen molar-refractivity contribution in [1.29, 1.82) is 0 Å². The molecule has 0 unspecified atom stereocenters. The van der Waals surface area contributed by atoms with Gasteiger partial charge in [0.25, 0.3) is 0 Å². The maximum Gasteiger partial charge on any atom is 0.236 e. The van der Waals surface area contributed by atoms with Gasteiger partial charge in [-0.2, -0.15) is 0 Å². The standard InChI is InChI=1S/C21H26N6O2S2/c1-3-15-5-7-16(8-6-15)17-13-30-19(22-17)23-18(28)14-31-21-25-24-20(27(21)4-2)26-9-11-29-12-10-26/h5-8,13H,3-4,9-12,14H2,1-2H3,(H,22,23,28). The molecule has 1 aliphatic heterocycles. The van der Waals surface area contributed by atoms with Gasteiger partial charge in [0.1, 0.15) is 0 Å². The fourth-order valence-corrected chi connectivity index (χ4v) is 4.86. The zero-order valence-electron chi connectivity index (χ0n) is 17.7. The number of hydrogen-bond acceptors (Lipinski definition) is 8. The summed E-state index contributed by atoms with van der Waals surface area (Å²) in [4.78, 5) is 19.2. The second-order valence-electron chi connectivity index (χ2n) is 7.05. The number of benzene rings is 1. The van der Waals surface area contributed by atoms with E-state index in [0.717, 1.165) is 48.4 Å². The van der Waals surface area contributed by atoms with Gasteiger partial charge in [-0.3, -0.25) is 9.36 Å². The molecule has 0 bridgehead atoms. The molecule has 0 aliphatic carbocycles. The number of nitrogens with zero attached hydrogens (tertiary/aromatic N) is 5. The van der Waals surface area contributed by atoms with Gasteiger partial charge in [0.15, 0.2) is 10.3 Å². The Morgan fingerprint density at radius 2 is 1.97 bits per heavy atom. The van der Waals surface area contributed by atoms with Crippen LogP contribution < -0.4 is 10.2 Å². The number of aryl methyl sites for hydroxylation is 1. The van der Waals surface area contributed by atoms with Gasteiger partial charge in [0.05, 0.1) is 24.7 Å². The van der Waals surface area contributed by atoms with Crippen LogP contribution in [0, 0.1) is 0 Å². The maximum atomic E-state index is 12.5. The molecule has 8 nitrogen and oxygen atoms in total. The van der Waals surface area contributed by atoms with E-state index in [9.17, 15) is 4.79 Å². The van der Waals surface area contributed by atoms with Crippen LogP contribution in [0.2, 0.25) is 0 Å². The van der Waals surface area contributed by atoms with E-state index in [4.69, 9.17) is 4.74 Å². The van der Waals surface area contributed by atoms with E-state index in [1.165, 1.54) is 28.7 Å². The van der Waals surface area contributed by atoms with Gasteiger partial charge in [-0.15, -0.1) is 21.5 Å². The summed E-state index contributed by atoms with van der Waals surface area (Å²) in [6.45, 7) is 7.93. The highest BCUT2D eigenvalue weighted by Crippen LogP contribution is 2.26. The van der Waals surface area contributed by atoms with Gasteiger partial charge >= 0.3 is 0 Å². The number of carbonyl (C=O) groups excluding carboxylic acids is 1. The number of morpholine rings is 1. The number of aromatic nitrogens is 4. The molecule has 1 N–H and O–H groups in total. The molecule has 1 saturated heterocycles. The van der Waals surface area contributed by atoms with E-state index < -0.39 is 0 Å². The van der Waals surface area contributed by atoms with Crippen molar-refractivity contribution in [3.63, 3.8) is 0 Å². The van der Waals surface area contributed by atoms with Crippen molar-refractivity contribution in [1.82, 2.24) is 19.7 Å². The van der Waals surface area contributed by atoms with Crippen molar-refractivity contribution >= 4 is 40.1 Å². The third-order valence-electron chi connectivity index (χ3n) is 5.05. The molecule has 1 fully saturated rings. The highest BCUT2D eigenvalue weighted by molar-refractivity contribution is 7.99. The summed E-state index contributed by atoms with van der Waals surface area (Å²) in [5.41, 5.74) is 3.22. The van der Waals surface area contributed by atoms with Crippen molar-refractivity contribution in [3.05, 3.63) is 35.2 Å². The first kappa shape index (κ1) is 21.8. The van der Waals surface area contributed by atoms with Crippen LogP contribution in [0.3, 0.4) is 0 Å². The van der Waals surface area contributed by atoms with E-state index in [1.54, 1.807) is 0 Å². The molecule has 2 aromatic heterocycles. The Bertz CT molecular complexity index is 1010. The fraction of sp³-hybridized carbons (Fsp3) is 0.429. The maximum absolute atomic E-state index is 12.5. The molecule has 4 rings (SSSR count). The number of amides is 1. The molecule has 164 valence electrons. The summed E-state index contributed by atoms with van der Waals surface area (Å²) in [7, 11) is 0. The van der Waals surface area contributed by atoms with Gasteiger partial charge in [0, 0.05) is 30.6 Å². The quantitative estimate of drug-likeness (QED) is 0.517. The third-order valence-corrected chi connectivity index (χ3v) is 6.77. The summed E-state index contributed by atoms with van der Waals surface area (Å²) in [5.74, 6) is 0.986. The lowest BCUT2D eigenvalue weighted by molar-refractivity contribution is -0.113. The van der Waals surface area contributed by atoms with Gasteiger partial charge in [-0.05, 0) is 18.9 Å². The smallest absolute Gasteiger partial charge is 0.236 e. The average molecular weight is 459 g/mol. The Hall–Kier alpha value is -2.43. The Labute approximate surface area is 190 Å². The van der Waals surface area contributed by atoms with Gasteiger partial charge < -0.3 is 15.0 Å². The molecule has 0 radical (unpaired) electrons. The van der Waals surface area contributed by atoms with Gasteiger partial charge in [-0.1, -0.05) is 43.0 Å². The highest BCUT2D eigenvalue weighted by Gasteiger charge is 2.20. The van der Waals surface area contributed by atoms with E-state index >= 15 is 0 Å². The number of ether oxygens (including phenoxy) is 1. The summed E-state index contributed by atoms with van der Waals surface area (Å²) in [5, 5.41) is 14.9. The first-order chi connectivity index (χ1) is 15.2. The van der Waals surface area contributed by atoms with Crippen molar-refractivity contribution < 1.29 is 9.53 Å². The first-order valence-corrected chi connectivity index (χ1v) is 12.3. The second kappa shape index (κ2) is 10.3. The Kier molecular flexibility index (Phi) is 7.21. The average Bonchev–Trinajstić information content (AvgIpc) is 3.45. The number of carbonyl (C=O) groups is 1. The molecule has 1 aliphatic rings. The zero-order valence-corrected chi connectivity index (χ0v) is 19.3. The van der Waals surface area contributed by atoms with Crippen LogP contribution in [0.4, 0.5) is 11.1 Å². The molecule has 10 heteroatoms. The van der Waals surface area contributed by atoms with Crippen LogP contribution in [0.5, 0.6) is 0 Å². The fourth-order valence-electron chi connectivity index (χ4n) is 3.32. The number of nitrogens with one attached hydrogen (secondary N) is 1. The first-order valence-electron chi connectivity index (χ1n) is 10.4. The monoisotopic (exact) mass is 458 g/mol. The summed E-state index contributed by atoms with van der Waals surface area (Å²) in [6, 6.07) is 8.36. The minimum absolute atomic E-state index is 0.106. The molecule has 0 spiro atoms. The van der Waals surface area contributed by atoms with Crippen LogP contribution in [0.1, 0.15) is 19.4 Å². The van der Waals surface area contributed by atoms with Crippen LogP contribution in [0.25, 0.3) is 11.3 Å². The largest absolute Gasteiger partial charge is 0.378 e. The highest BCUT2D eigenvalue weighted by atomic mass is 32.2. The molecule has 1 amide bonds. The molecular formula is C21H26N6O2S2. The van der Waals surface area contributed by atoms with Crippen LogP contribution in [-0.2, 0) is 22.5 Å². The summed E-state index contributed by atoms with van der Waals surface area (Å²) >= 11 is 2.82. The van der Waals surface area contributed by atoms with E-state index in [1.807, 2.05) is 9.95 Å². The number of thiazole rings is 1. The normalized spacial score (nSPS) is 14.1. The minimum Gasteiger partial charge on any atom is -0.378 e. The third kappa shape index (κ3) is 5.25. The molecule has 3 heterocycles. The summed E-state index contributed by atoms with van der Waals surface area (Å²) in [6.07, 6.45) is 1.01. The molecular weight excluding hydrogens is 432 g/mol. The second-order valence-corrected chi connectivity index (χ2v) is 8.85. The zero-order chi connectivity index (χ0) is 21.6. The molecule has 1 aromatic carbocycles. The predicted molar refractivity (Wildman–Crippen MR) is 125 cm³/mol. The lowest BCUT2D eigenvalue weighted by Gasteiger charge is -2.27. The van der Waals surface area contributed by atoms with Gasteiger partial charge in [-0.25, -0.2) is 4.98 Å². The number of anilines is 2. The van der Waals surface area contributed by atoms with Crippen molar-refractivity contribution in [2.24, 2.45) is 0 Å². The Morgan fingerprint density at radius 1 is 1.19 bits per heavy atom. The van der Waals surface area contributed by atoms with Crippen LogP contribution in [0.15, 0.2) is 34.8 Å². The Balaban J connectivity index is 1.34. The van der Waals surface area contributed by atoms with Crippen molar-refractivity contribution in [2.45, 2.75) is 32.0 Å². The van der Waals surface area contributed by atoms with Crippen LogP contribution >= 0.6 is 23.1 Å². The predicted octanol–water partition coefficient (Wildman–Crippen LogP) is 3.55. The number of thioether (sulfide) groups is 1. The summed E-state index contributed by atoms with van der Waals surface area (Å²) < 4.78 is 7.46. The lowest BCUT2D eigenvalue weighted by atomic mass is 10.1. The van der Waals surface area contributed by atoms with Gasteiger partial charge in [0.2, 0.25) is 11.9 Å². The number of hydrogen-bond donors (Lipinski definition) is 1. The Morgan fingerprint density at radius 3 is 2.68 bits per heavy atom. The van der Waals surface area contributed by atoms with Crippen LogP contribution in [-0.4, -0.2) is 57.7 Å². The SMILES string of the molecule is CCc1ccc(-c2csc(NC(=O)CSc3nnc(N4CCOCC4)n3CC)n2)cc1. The van der Waals surface area contributed by atoms with E-state index in [2.05, 4.69) is 63.5 Å². The molecule has 3 aromatic rings. The molecule has 0 atom stereocenters. The number of rotatable bonds is 8. The van der Waals surface area contributed by atoms with Crippen molar-refractivity contribution in [3.8, 4) is 11.3 Å².